The van der Waals surface area contributed by atoms with E-state index in [-0.39, 0.29) is 38.8 Å². The summed E-state index contributed by atoms with van der Waals surface area (Å²) in [5.41, 5.74) is 3.81. The van der Waals surface area contributed by atoms with Crippen LogP contribution in [-0.4, -0.2) is 55.1 Å². The Morgan fingerprint density at radius 3 is 2.51 bits per heavy atom. The van der Waals surface area contributed by atoms with Gasteiger partial charge in [0.15, 0.2) is 0 Å². The molecule has 2 heterocycles. The molecular weight excluding hydrogens is 564 g/mol. The second-order valence-electron chi connectivity index (χ2n) is 10.8. The van der Waals surface area contributed by atoms with Crippen molar-refractivity contribution in [1.29, 1.82) is 0 Å². The van der Waals surface area contributed by atoms with Crippen LogP contribution in [0.4, 0.5) is 0 Å². The predicted molar refractivity (Wildman–Crippen MR) is 168 cm³/mol. The molecule has 1 fully saturated rings. The number of carboxylic acid groups (broad SMARTS) is 1. The molecule has 0 spiro atoms. The molecule has 0 aliphatic heterocycles. The number of nitrogens with zero attached hydrogens (tertiary/aromatic N) is 6. The highest BCUT2D eigenvalue weighted by molar-refractivity contribution is 7.89. The first kappa shape index (κ1) is 33.7. The molecule has 4 aromatic rings. The van der Waals surface area contributed by atoms with Crippen molar-refractivity contribution in [3.63, 3.8) is 0 Å². The molecule has 0 amide bonds. The van der Waals surface area contributed by atoms with Crippen molar-refractivity contribution in [3.8, 4) is 5.69 Å². The van der Waals surface area contributed by atoms with Crippen molar-refractivity contribution >= 4 is 16.0 Å². The van der Waals surface area contributed by atoms with E-state index in [1.807, 2.05) is 49.5 Å². The van der Waals surface area contributed by atoms with Gasteiger partial charge in [-0.1, -0.05) is 76.6 Å². The number of aromatic nitrogens is 5. The fraction of sp³-hybridized carbons (Fsp3) is 0.438. The predicted octanol–water partition coefficient (Wildman–Crippen LogP) is 6.32. The summed E-state index contributed by atoms with van der Waals surface area (Å²) in [6.07, 6.45) is 7.85. The first-order valence-electron chi connectivity index (χ1n) is 14.0. The van der Waals surface area contributed by atoms with Crippen molar-refractivity contribution in [2.45, 2.75) is 84.1 Å². The number of benzene rings is 2. The van der Waals surface area contributed by atoms with Crippen LogP contribution in [0.5, 0.6) is 0 Å². The minimum atomic E-state index is -3.73. The van der Waals surface area contributed by atoms with E-state index in [0.29, 0.717) is 28.4 Å². The van der Waals surface area contributed by atoms with Crippen molar-refractivity contribution in [2.24, 2.45) is 7.05 Å². The quantitative estimate of drug-likeness (QED) is 0.176. The molecule has 1 N–H and O–H groups in total. The summed E-state index contributed by atoms with van der Waals surface area (Å²) in [6.45, 7) is 4.56. The Morgan fingerprint density at radius 2 is 1.84 bits per heavy atom. The number of carbonyl (C=O) groups is 1. The first-order chi connectivity index (χ1) is 19.7. The van der Waals surface area contributed by atoms with E-state index in [9.17, 15) is 18.3 Å². The third-order valence-corrected chi connectivity index (χ3v) is 9.67. The number of unbranched alkanes of at least 4 members (excludes halogenated alkanes) is 3. The summed E-state index contributed by atoms with van der Waals surface area (Å²) in [5.74, 6) is -1.02. The Balaban J connectivity index is 0.00000253. The van der Waals surface area contributed by atoms with Gasteiger partial charge in [-0.25, -0.2) is 17.9 Å². The molecule has 2 atom stereocenters. The Labute approximate surface area is 255 Å². The highest BCUT2D eigenvalue weighted by Crippen LogP contribution is 2.55. The maximum absolute atomic E-state index is 13.8. The van der Waals surface area contributed by atoms with Crippen molar-refractivity contribution in [1.82, 2.24) is 29.1 Å². The minimum absolute atomic E-state index is 0. The topological polar surface area (TPSA) is 123 Å². The second-order valence-corrected chi connectivity index (χ2v) is 12.7. The third-order valence-electron chi connectivity index (χ3n) is 7.67. The molecule has 5 rings (SSSR count). The van der Waals surface area contributed by atoms with Crippen LogP contribution in [0.15, 0.2) is 65.8 Å². The van der Waals surface area contributed by atoms with Gasteiger partial charge in [-0.3, -0.25) is 4.68 Å². The van der Waals surface area contributed by atoms with E-state index < -0.39 is 16.0 Å². The van der Waals surface area contributed by atoms with E-state index in [2.05, 4.69) is 22.3 Å². The zero-order valence-corrected chi connectivity index (χ0v) is 24.5. The van der Waals surface area contributed by atoms with Crippen molar-refractivity contribution in [3.05, 3.63) is 89.0 Å². The van der Waals surface area contributed by atoms with Crippen LogP contribution >= 0.6 is 0 Å². The van der Waals surface area contributed by atoms with Crippen LogP contribution in [0.2, 0.25) is 0 Å². The number of rotatable bonds is 13. The van der Waals surface area contributed by atoms with Gasteiger partial charge in [-0.15, -0.1) is 5.10 Å². The summed E-state index contributed by atoms with van der Waals surface area (Å²) in [7, 11) is -1.93. The maximum atomic E-state index is 13.8. The van der Waals surface area contributed by atoms with Gasteiger partial charge < -0.3 is 5.11 Å². The van der Waals surface area contributed by atoms with Crippen molar-refractivity contribution in [2.75, 3.05) is 6.54 Å². The fourth-order valence-electron chi connectivity index (χ4n) is 5.42. The SMILES string of the molecule is C.C.CCCCCCN(Cc1cccc(-n2ncc(C(=O)O)c2[C@@H]2C[C@H]2c2cn(C)nn2)c1)S(=O)(=O)c1ccccc1C. The molecule has 0 unspecified atom stereocenters. The zero-order valence-electron chi connectivity index (χ0n) is 23.6. The lowest BCUT2D eigenvalue weighted by atomic mass is 10.1. The van der Waals surface area contributed by atoms with Crippen LogP contribution in [-0.2, 0) is 23.6 Å². The molecule has 2 aromatic carbocycles. The summed E-state index contributed by atoms with van der Waals surface area (Å²) in [6, 6.07) is 14.6. The summed E-state index contributed by atoms with van der Waals surface area (Å²) < 4.78 is 32.5. The molecule has 1 aliphatic carbocycles. The Bertz CT molecular complexity index is 1640. The number of aryl methyl sites for hydroxylation is 2. The van der Waals surface area contributed by atoms with Gasteiger partial charge in [0.2, 0.25) is 10.0 Å². The molecular formula is C32H44N6O4S. The minimum Gasteiger partial charge on any atom is -0.478 e. The van der Waals surface area contributed by atoms with E-state index >= 15 is 0 Å². The number of aromatic carboxylic acids is 1. The Morgan fingerprint density at radius 1 is 1.07 bits per heavy atom. The molecule has 232 valence electrons. The van der Waals surface area contributed by atoms with Gasteiger partial charge in [0.05, 0.1) is 28.2 Å². The molecule has 11 heteroatoms. The van der Waals surface area contributed by atoms with Crippen LogP contribution in [0, 0.1) is 6.92 Å². The van der Waals surface area contributed by atoms with Crippen LogP contribution in [0.25, 0.3) is 5.69 Å². The highest BCUT2D eigenvalue weighted by atomic mass is 32.2. The molecule has 10 nitrogen and oxygen atoms in total. The molecule has 43 heavy (non-hydrogen) atoms. The normalized spacial score (nSPS) is 16.0. The number of sulfonamides is 1. The maximum Gasteiger partial charge on any atom is 0.339 e. The first-order valence-corrected chi connectivity index (χ1v) is 15.5. The standard InChI is InChI=1S/C30H36N6O4S.2CH4/c1-4-5-6-9-15-35(41(39,40)28-14-8-7-11-21(28)2)19-22-12-10-13-23(16-22)36-29(26(18-31-36)30(37)38)25-17-24(25)27-20-34(3)33-32-27;;/h7-8,10-14,16,18,20,24-25H,4-6,9,15,17,19H2,1-3H3,(H,37,38);2*1H4/t24-,25-;;/m1../s1. The van der Waals surface area contributed by atoms with Gasteiger partial charge >= 0.3 is 5.97 Å². The lowest BCUT2D eigenvalue weighted by Crippen LogP contribution is -2.32. The third kappa shape index (κ3) is 7.22. The molecule has 1 aliphatic rings. The highest BCUT2D eigenvalue weighted by Gasteiger charge is 2.46. The largest absolute Gasteiger partial charge is 0.478 e. The molecule has 0 saturated heterocycles. The van der Waals surface area contributed by atoms with Gasteiger partial charge in [0.25, 0.3) is 0 Å². The Hall–Kier alpha value is -3.83. The van der Waals surface area contributed by atoms with Gasteiger partial charge in [-0.2, -0.15) is 9.40 Å². The summed E-state index contributed by atoms with van der Waals surface area (Å²) in [5, 5.41) is 22.6. The summed E-state index contributed by atoms with van der Waals surface area (Å²) >= 11 is 0. The Kier molecular flexibility index (Phi) is 11.0. The molecule has 0 radical (unpaired) electrons. The number of hydrogen-bond donors (Lipinski definition) is 1. The number of carboxylic acids is 1. The van der Waals surface area contributed by atoms with Gasteiger partial charge in [-0.05, 0) is 49.1 Å². The van der Waals surface area contributed by atoms with E-state index in [4.69, 9.17) is 0 Å². The lowest BCUT2D eigenvalue weighted by Gasteiger charge is -2.23. The average molecular weight is 609 g/mol. The van der Waals surface area contributed by atoms with Gasteiger partial charge in [0.1, 0.15) is 5.56 Å². The molecule has 0 bridgehead atoms. The number of hydrogen-bond acceptors (Lipinski definition) is 6. The van der Waals surface area contributed by atoms with Crippen LogP contribution in [0.3, 0.4) is 0 Å². The monoisotopic (exact) mass is 608 g/mol. The lowest BCUT2D eigenvalue weighted by molar-refractivity contribution is 0.0695. The smallest absolute Gasteiger partial charge is 0.339 e. The van der Waals surface area contributed by atoms with Crippen molar-refractivity contribution < 1.29 is 18.3 Å². The molecule has 1 saturated carbocycles. The van der Waals surface area contributed by atoms with E-state index in [0.717, 1.165) is 43.4 Å². The second kappa shape index (κ2) is 14.1. The zero-order chi connectivity index (χ0) is 29.1. The fourth-order valence-corrected chi connectivity index (χ4v) is 7.11. The van der Waals surface area contributed by atoms with Crippen LogP contribution < -0.4 is 0 Å². The van der Waals surface area contributed by atoms with E-state index in [1.165, 1.54) is 6.20 Å². The van der Waals surface area contributed by atoms with Gasteiger partial charge in [0, 0.05) is 38.2 Å². The summed E-state index contributed by atoms with van der Waals surface area (Å²) in [4.78, 5) is 12.4. The van der Waals surface area contributed by atoms with E-state index in [1.54, 1.807) is 32.8 Å². The van der Waals surface area contributed by atoms with Crippen LogP contribution in [0.1, 0.15) is 98.6 Å². The average Bonchev–Trinajstić information content (AvgIpc) is 3.39. The molecule has 2 aromatic heterocycles.